The molecule has 0 aliphatic heterocycles. The Hall–Kier alpha value is -4.98. The third-order valence-electron chi connectivity index (χ3n) is 6.74. The molecule has 220 valence electrons. The van der Waals surface area contributed by atoms with Crippen LogP contribution in [0.1, 0.15) is 44.8 Å². The lowest BCUT2D eigenvalue weighted by Gasteiger charge is -2.15. The minimum Gasteiger partial charge on any atom is -0.495 e. The van der Waals surface area contributed by atoms with Crippen LogP contribution in [0.25, 0.3) is 15.9 Å². The number of imidazole rings is 1. The molecule has 43 heavy (non-hydrogen) atoms. The summed E-state index contributed by atoms with van der Waals surface area (Å²) in [6.07, 6.45) is 1.85. The number of nitrogens with zero attached hydrogens (tertiary/aromatic N) is 4. The Labute approximate surface area is 246 Å². The summed E-state index contributed by atoms with van der Waals surface area (Å²) in [7, 11) is 1.41. The predicted molar refractivity (Wildman–Crippen MR) is 156 cm³/mol. The fourth-order valence-corrected chi connectivity index (χ4v) is 5.39. The van der Waals surface area contributed by atoms with Crippen molar-refractivity contribution in [3.8, 4) is 11.4 Å². The number of methoxy groups -OCH3 is 1. The summed E-state index contributed by atoms with van der Waals surface area (Å²) < 4.78 is 48.6. The van der Waals surface area contributed by atoms with Crippen LogP contribution in [-0.2, 0) is 6.18 Å². The fraction of sp³-hybridized carbons (Fsp3) is 0.207. The zero-order valence-corrected chi connectivity index (χ0v) is 23.6. The predicted octanol–water partition coefficient (Wildman–Crippen LogP) is 6.29. The molecule has 14 heteroatoms. The Kier molecular flexibility index (Phi) is 7.22. The first-order valence-corrected chi connectivity index (χ1v) is 14.0. The molecule has 0 bridgehead atoms. The lowest BCUT2D eigenvalue weighted by Crippen LogP contribution is -2.16. The number of carbonyl (C=O) groups excluding carboxylic acids is 2. The maximum absolute atomic E-state index is 13.7. The van der Waals surface area contributed by atoms with Gasteiger partial charge in [-0.05, 0) is 56.2 Å². The highest BCUT2D eigenvalue weighted by Gasteiger charge is 2.32. The van der Waals surface area contributed by atoms with Crippen molar-refractivity contribution in [3.63, 3.8) is 0 Å². The van der Waals surface area contributed by atoms with E-state index >= 15 is 0 Å². The van der Waals surface area contributed by atoms with Gasteiger partial charge in [-0.15, -0.1) is 11.3 Å². The van der Waals surface area contributed by atoms with Crippen molar-refractivity contribution in [3.05, 3.63) is 83.0 Å². The van der Waals surface area contributed by atoms with Gasteiger partial charge in [0.25, 0.3) is 11.8 Å². The van der Waals surface area contributed by atoms with E-state index in [1.54, 1.807) is 18.5 Å². The minimum absolute atomic E-state index is 0.0670. The Morgan fingerprint density at radius 1 is 1.05 bits per heavy atom. The number of thiophene rings is 1. The van der Waals surface area contributed by atoms with Gasteiger partial charge < -0.3 is 25.3 Å². The van der Waals surface area contributed by atoms with Gasteiger partial charge in [-0.2, -0.15) is 13.2 Å². The molecule has 0 unspecified atom stereocenters. The first-order valence-electron chi connectivity index (χ1n) is 13.1. The number of ether oxygens (including phenoxy) is 1. The number of nitrogens with one attached hydrogen (secondary N) is 3. The van der Waals surface area contributed by atoms with E-state index in [-0.39, 0.29) is 28.4 Å². The van der Waals surface area contributed by atoms with Gasteiger partial charge in [-0.25, -0.2) is 15.0 Å². The van der Waals surface area contributed by atoms with Gasteiger partial charge in [0, 0.05) is 34.6 Å². The van der Waals surface area contributed by atoms with Crippen molar-refractivity contribution in [1.29, 1.82) is 0 Å². The molecule has 2 amide bonds. The number of fused-ring (bicyclic) bond motifs is 1. The van der Waals surface area contributed by atoms with E-state index in [0.29, 0.717) is 28.6 Å². The van der Waals surface area contributed by atoms with Crippen LogP contribution in [0.4, 0.5) is 30.4 Å². The number of benzene rings is 2. The van der Waals surface area contributed by atoms with E-state index in [9.17, 15) is 22.8 Å². The van der Waals surface area contributed by atoms with Gasteiger partial charge in [0.05, 0.1) is 46.2 Å². The van der Waals surface area contributed by atoms with Crippen LogP contribution in [0.2, 0.25) is 0 Å². The summed E-state index contributed by atoms with van der Waals surface area (Å²) in [5.74, 6) is -0.202. The molecule has 1 aliphatic rings. The average Bonchev–Trinajstić information content (AvgIpc) is 3.50. The van der Waals surface area contributed by atoms with E-state index in [2.05, 4.69) is 30.9 Å². The van der Waals surface area contributed by atoms with Gasteiger partial charge in [0.1, 0.15) is 17.9 Å². The van der Waals surface area contributed by atoms with Crippen LogP contribution in [0, 0.1) is 6.92 Å². The van der Waals surface area contributed by atoms with E-state index < -0.39 is 23.6 Å². The van der Waals surface area contributed by atoms with Crippen LogP contribution in [0.15, 0.2) is 60.6 Å². The molecule has 3 heterocycles. The number of aryl methyl sites for hydroxylation is 1. The molecule has 3 N–H and O–H groups in total. The number of anilines is 3. The summed E-state index contributed by atoms with van der Waals surface area (Å²) >= 11 is 1.34. The second-order valence-corrected chi connectivity index (χ2v) is 10.9. The van der Waals surface area contributed by atoms with Gasteiger partial charge in [0.2, 0.25) is 0 Å². The third-order valence-corrected chi connectivity index (χ3v) is 7.72. The van der Waals surface area contributed by atoms with Crippen molar-refractivity contribution in [2.24, 2.45) is 0 Å². The SMILES string of the molecule is COc1ccc(C(=O)Nc2cc(-n3cnc(C)c3)cc(C(F)(F)F)c2)cc1NC(=O)c1csc2c(NC3CC3)ncnc12. The Balaban J connectivity index is 1.26. The number of rotatable bonds is 8. The van der Waals surface area contributed by atoms with Crippen molar-refractivity contribution in [1.82, 2.24) is 19.5 Å². The number of alkyl halides is 3. The number of amides is 2. The summed E-state index contributed by atoms with van der Waals surface area (Å²) in [5.41, 5.74) is 0.890. The van der Waals surface area contributed by atoms with Crippen LogP contribution in [-0.4, -0.2) is 44.5 Å². The average molecular weight is 608 g/mol. The van der Waals surface area contributed by atoms with Crippen molar-refractivity contribution in [2.75, 3.05) is 23.1 Å². The topological polar surface area (TPSA) is 123 Å². The van der Waals surface area contributed by atoms with E-state index in [1.807, 2.05) is 0 Å². The van der Waals surface area contributed by atoms with E-state index in [1.165, 1.54) is 59.9 Å². The first kappa shape index (κ1) is 28.2. The largest absolute Gasteiger partial charge is 0.495 e. The Morgan fingerprint density at radius 2 is 1.86 bits per heavy atom. The monoisotopic (exact) mass is 607 g/mol. The molecule has 1 saturated carbocycles. The standard InChI is InChI=1S/C29H24F3N7O3S/c1-15-11-39(14-35-15)20-9-17(29(30,31)32)8-19(10-20)37-27(40)16-3-6-23(42-2)22(7-16)38-28(41)21-12-43-25-24(21)33-13-34-26(25)36-18-4-5-18/h3,6-14,18H,4-5H2,1-2H3,(H,37,40)(H,38,41)(H,33,34,36). The fourth-order valence-electron chi connectivity index (χ4n) is 4.43. The zero-order valence-electron chi connectivity index (χ0n) is 22.8. The van der Waals surface area contributed by atoms with Gasteiger partial charge in [-0.3, -0.25) is 9.59 Å². The molecular formula is C29H24F3N7O3S. The molecule has 0 spiro atoms. The molecule has 10 nitrogen and oxygen atoms in total. The number of aromatic nitrogens is 4. The highest BCUT2D eigenvalue weighted by atomic mass is 32.1. The smallest absolute Gasteiger partial charge is 0.416 e. The van der Waals surface area contributed by atoms with Gasteiger partial charge in [0.15, 0.2) is 0 Å². The third kappa shape index (κ3) is 6.00. The summed E-state index contributed by atoms with van der Waals surface area (Å²) in [4.78, 5) is 39.2. The van der Waals surface area contributed by atoms with Crippen molar-refractivity contribution in [2.45, 2.75) is 32.0 Å². The molecule has 2 aromatic carbocycles. The molecule has 6 rings (SSSR count). The van der Waals surface area contributed by atoms with Crippen molar-refractivity contribution < 1.29 is 27.5 Å². The molecule has 5 aromatic rings. The number of hydrogen-bond donors (Lipinski definition) is 3. The quantitative estimate of drug-likeness (QED) is 0.189. The molecule has 3 aromatic heterocycles. The van der Waals surface area contributed by atoms with Gasteiger partial charge in [-0.1, -0.05) is 0 Å². The molecular weight excluding hydrogens is 583 g/mol. The second-order valence-electron chi connectivity index (χ2n) is 9.98. The van der Waals surface area contributed by atoms with E-state index in [4.69, 9.17) is 4.74 Å². The maximum atomic E-state index is 13.7. The summed E-state index contributed by atoms with van der Waals surface area (Å²) in [5, 5.41) is 10.3. The zero-order chi connectivity index (χ0) is 30.3. The molecule has 1 aliphatic carbocycles. The molecule has 1 fully saturated rings. The normalized spacial score (nSPS) is 13.1. The lowest BCUT2D eigenvalue weighted by atomic mass is 10.1. The molecule has 0 radical (unpaired) electrons. The van der Waals surface area contributed by atoms with Crippen LogP contribution in [0.5, 0.6) is 5.75 Å². The number of carbonyl (C=O) groups is 2. The minimum atomic E-state index is -4.64. The summed E-state index contributed by atoms with van der Waals surface area (Å²) in [6.45, 7) is 1.71. The lowest BCUT2D eigenvalue weighted by molar-refractivity contribution is -0.137. The van der Waals surface area contributed by atoms with Crippen LogP contribution in [0.3, 0.4) is 0 Å². The summed E-state index contributed by atoms with van der Waals surface area (Å²) in [6, 6.07) is 7.94. The highest BCUT2D eigenvalue weighted by Crippen LogP contribution is 2.35. The maximum Gasteiger partial charge on any atom is 0.416 e. The molecule has 0 atom stereocenters. The van der Waals surface area contributed by atoms with Crippen LogP contribution >= 0.6 is 11.3 Å². The number of hydrogen-bond acceptors (Lipinski definition) is 8. The van der Waals surface area contributed by atoms with Gasteiger partial charge >= 0.3 is 6.18 Å². The van der Waals surface area contributed by atoms with Crippen molar-refractivity contribution >= 4 is 50.6 Å². The highest BCUT2D eigenvalue weighted by molar-refractivity contribution is 7.18. The van der Waals surface area contributed by atoms with Crippen LogP contribution < -0.4 is 20.7 Å². The first-order chi connectivity index (χ1) is 20.6. The Bertz CT molecular complexity index is 1860. The van der Waals surface area contributed by atoms with E-state index in [0.717, 1.165) is 29.7 Å². The second kappa shape index (κ2) is 11.0. The Morgan fingerprint density at radius 3 is 2.56 bits per heavy atom. The number of halogens is 3. The molecule has 0 saturated heterocycles.